The number of nitrogens with one attached hydrogen (secondary N) is 1. The van der Waals surface area contributed by atoms with Crippen LogP contribution in [-0.2, 0) is 0 Å². The average Bonchev–Trinajstić information content (AvgIpc) is 2.75. The van der Waals surface area contributed by atoms with E-state index in [1.54, 1.807) is 11.3 Å². The van der Waals surface area contributed by atoms with Crippen LogP contribution in [0.5, 0.6) is 0 Å². The first-order valence-corrected chi connectivity index (χ1v) is 7.33. The molecule has 0 unspecified atom stereocenters. The molecule has 0 spiro atoms. The van der Waals surface area contributed by atoms with Gasteiger partial charge in [0.05, 0.1) is 0 Å². The molecule has 17 heavy (non-hydrogen) atoms. The van der Waals surface area contributed by atoms with Crippen LogP contribution >= 0.6 is 11.3 Å². The minimum Gasteiger partial charge on any atom is -0.351 e. The molecule has 2 heterocycles. The Balaban J connectivity index is 1.66. The van der Waals surface area contributed by atoms with Gasteiger partial charge >= 0.3 is 0 Å². The van der Waals surface area contributed by atoms with E-state index in [2.05, 4.69) is 10.2 Å². The van der Waals surface area contributed by atoms with Crippen molar-refractivity contribution < 1.29 is 4.79 Å². The van der Waals surface area contributed by atoms with Gasteiger partial charge in [-0.3, -0.25) is 4.79 Å². The van der Waals surface area contributed by atoms with Crippen molar-refractivity contribution >= 4 is 17.2 Å². The summed E-state index contributed by atoms with van der Waals surface area (Å²) in [6, 6.07) is 1.87. The van der Waals surface area contributed by atoms with E-state index in [0.29, 0.717) is 0 Å². The molecular formula is C13H20N2OS. The number of rotatable bonds is 4. The summed E-state index contributed by atoms with van der Waals surface area (Å²) in [5, 5.41) is 6.80. The highest BCUT2D eigenvalue weighted by Crippen LogP contribution is 2.09. The first-order valence-electron chi connectivity index (χ1n) is 6.39. The Labute approximate surface area is 107 Å². The number of thiophene rings is 1. The fourth-order valence-corrected chi connectivity index (χ4v) is 2.82. The average molecular weight is 252 g/mol. The fraction of sp³-hybridized carbons (Fsp3) is 0.615. The molecule has 1 aromatic rings. The highest BCUT2D eigenvalue weighted by atomic mass is 32.1. The molecule has 2 rings (SSSR count). The van der Waals surface area contributed by atoms with E-state index in [1.165, 1.54) is 38.8 Å². The van der Waals surface area contributed by atoms with Gasteiger partial charge in [-0.15, -0.1) is 0 Å². The summed E-state index contributed by atoms with van der Waals surface area (Å²) < 4.78 is 0. The second-order valence-electron chi connectivity index (χ2n) is 4.52. The smallest absolute Gasteiger partial charge is 0.252 e. The monoisotopic (exact) mass is 252 g/mol. The van der Waals surface area contributed by atoms with Crippen LogP contribution in [0.1, 0.15) is 36.0 Å². The maximum absolute atomic E-state index is 11.7. The van der Waals surface area contributed by atoms with E-state index >= 15 is 0 Å². The van der Waals surface area contributed by atoms with Gasteiger partial charge in [0.15, 0.2) is 0 Å². The topological polar surface area (TPSA) is 32.3 Å². The van der Waals surface area contributed by atoms with Gasteiger partial charge in [0.1, 0.15) is 0 Å². The molecule has 1 aliphatic heterocycles. The number of hydrogen-bond acceptors (Lipinski definition) is 3. The molecule has 4 heteroatoms. The molecule has 1 saturated heterocycles. The quantitative estimate of drug-likeness (QED) is 0.892. The van der Waals surface area contributed by atoms with Crippen LogP contribution < -0.4 is 5.32 Å². The second-order valence-corrected chi connectivity index (χ2v) is 5.30. The lowest BCUT2D eigenvalue weighted by Crippen LogP contribution is -2.35. The van der Waals surface area contributed by atoms with Crippen LogP contribution in [0, 0.1) is 0 Å². The predicted octanol–water partition coefficient (Wildman–Crippen LogP) is 2.35. The van der Waals surface area contributed by atoms with Crippen LogP contribution in [0.2, 0.25) is 0 Å². The molecule has 0 aromatic carbocycles. The van der Waals surface area contributed by atoms with E-state index in [1.807, 2.05) is 16.8 Å². The summed E-state index contributed by atoms with van der Waals surface area (Å²) in [6.45, 7) is 4.12. The van der Waals surface area contributed by atoms with Gasteiger partial charge in [-0.25, -0.2) is 0 Å². The van der Waals surface area contributed by atoms with E-state index < -0.39 is 0 Å². The Morgan fingerprint density at radius 1 is 1.29 bits per heavy atom. The summed E-state index contributed by atoms with van der Waals surface area (Å²) in [4.78, 5) is 14.2. The van der Waals surface area contributed by atoms with E-state index in [4.69, 9.17) is 0 Å². The standard InChI is InChI=1S/C13H20N2OS/c16-13(12-5-10-17-11-12)14-6-9-15-7-3-1-2-4-8-15/h5,10-11H,1-4,6-9H2,(H,14,16). The van der Waals surface area contributed by atoms with Gasteiger partial charge in [0.2, 0.25) is 0 Å². The van der Waals surface area contributed by atoms with Gasteiger partial charge in [-0.1, -0.05) is 12.8 Å². The minimum absolute atomic E-state index is 0.0565. The molecule has 0 bridgehead atoms. The number of carbonyl (C=O) groups excluding carboxylic acids is 1. The van der Waals surface area contributed by atoms with Crippen LogP contribution in [0.3, 0.4) is 0 Å². The van der Waals surface area contributed by atoms with Crippen molar-refractivity contribution in [3.05, 3.63) is 22.4 Å². The molecule has 94 valence electrons. The Morgan fingerprint density at radius 2 is 2.06 bits per heavy atom. The highest BCUT2D eigenvalue weighted by Gasteiger charge is 2.09. The number of nitrogens with zero attached hydrogens (tertiary/aromatic N) is 1. The lowest BCUT2D eigenvalue weighted by molar-refractivity contribution is 0.0949. The maximum Gasteiger partial charge on any atom is 0.252 e. The zero-order valence-electron chi connectivity index (χ0n) is 10.2. The first kappa shape index (κ1) is 12.6. The molecule has 0 saturated carbocycles. The first-order chi connectivity index (χ1) is 8.36. The predicted molar refractivity (Wildman–Crippen MR) is 71.6 cm³/mol. The molecule has 1 aromatic heterocycles. The van der Waals surface area contributed by atoms with Crippen molar-refractivity contribution in [1.29, 1.82) is 0 Å². The third kappa shape index (κ3) is 4.13. The molecule has 1 N–H and O–H groups in total. The zero-order chi connectivity index (χ0) is 11.9. The molecule has 1 aliphatic rings. The van der Waals surface area contributed by atoms with Gasteiger partial charge in [0, 0.05) is 24.0 Å². The number of likely N-dealkylation sites (tertiary alicyclic amines) is 1. The summed E-state index contributed by atoms with van der Waals surface area (Å²) >= 11 is 1.56. The normalized spacial score (nSPS) is 17.6. The highest BCUT2D eigenvalue weighted by molar-refractivity contribution is 7.08. The van der Waals surface area contributed by atoms with Crippen LogP contribution in [-0.4, -0.2) is 37.0 Å². The van der Waals surface area contributed by atoms with Gasteiger partial charge in [-0.05, 0) is 37.4 Å². The van der Waals surface area contributed by atoms with Gasteiger partial charge < -0.3 is 10.2 Å². The van der Waals surface area contributed by atoms with Gasteiger partial charge in [0.25, 0.3) is 5.91 Å². The van der Waals surface area contributed by atoms with Crippen molar-refractivity contribution in [2.24, 2.45) is 0 Å². The molecule has 3 nitrogen and oxygen atoms in total. The summed E-state index contributed by atoms with van der Waals surface area (Å²) in [7, 11) is 0. The molecule has 1 amide bonds. The van der Waals surface area contributed by atoms with Crippen molar-refractivity contribution in [1.82, 2.24) is 10.2 Å². The number of carbonyl (C=O) groups is 1. The fourth-order valence-electron chi connectivity index (χ4n) is 2.18. The van der Waals surface area contributed by atoms with Crippen molar-refractivity contribution in [2.75, 3.05) is 26.2 Å². The minimum atomic E-state index is 0.0565. The summed E-state index contributed by atoms with van der Waals surface area (Å²) in [6.07, 6.45) is 5.33. The Hall–Kier alpha value is -0.870. The van der Waals surface area contributed by atoms with Gasteiger partial charge in [-0.2, -0.15) is 11.3 Å². The maximum atomic E-state index is 11.7. The largest absolute Gasteiger partial charge is 0.351 e. The Morgan fingerprint density at radius 3 is 2.71 bits per heavy atom. The third-order valence-electron chi connectivity index (χ3n) is 3.20. The number of hydrogen-bond donors (Lipinski definition) is 1. The third-order valence-corrected chi connectivity index (χ3v) is 3.88. The molecule has 0 atom stereocenters. The SMILES string of the molecule is O=C(NCCN1CCCCCC1)c1ccsc1. The Bertz CT molecular complexity index is 329. The van der Waals surface area contributed by atoms with Crippen LogP contribution in [0.4, 0.5) is 0 Å². The van der Waals surface area contributed by atoms with Crippen molar-refractivity contribution in [3.8, 4) is 0 Å². The van der Waals surface area contributed by atoms with Crippen LogP contribution in [0.15, 0.2) is 16.8 Å². The van der Waals surface area contributed by atoms with E-state index in [0.717, 1.165) is 18.7 Å². The number of amides is 1. The van der Waals surface area contributed by atoms with Crippen LogP contribution in [0.25, 0.3) is 0 Å². The molecule has 0 radical (unpaired) electrons. The molecule has 0 aliphatic carbocycles. The lowest BCUT2D eigenvalue weighted by atomic mass is 10.2. The van der Waals surface area contributed by atoms with Crippen molar-refractivity contribution in [2.45, 2.75) is 25.7 Å². The molecule has 1 fully saturated rings. The van der Waals surface area contributed by atoms with Crippen molar-refractivity contribution in [3.63, 3.8) is 0 Å². The summed E-state index contributed by atoms with van der Waals surface area (Å²) in [5.74, 6) is 0.0565. The van der Waals surface area contributed by atoms with E-state index in [9.17, 15) is 4.79 Å². The lowest BCUT2D eigenvalue weighted by Gasteiger charge is -2.19. The Kier molecular flexibility index (Phi) is 5.01. The molecular weight excluding hydrogens is 232 g/mol. The second kappa shape index (κ2) is 6.77. The summed E-state index contributed by atoms with van der Waals surface area (Å²) in [5.41, 5.74) is 0.783. The zero-order valence-corrected chi connectivity index (χ0v) is 11.0. The van der Waals surface area contributed by atoms with E-state index in [-0.39, 0.29) is 5.91 Å².